The molecule has 0 saturated carbocycles. The largest absolute Gasteiger partial charge is 0.383 e. The number of carbonyl (C=O) groups is 1. The molecule has 0 saturated heterocycles. The van der Waals surface area contributed by atoms with Crippen LogP contribution in [0.3, 0.4) is 0 Å². The summed E-state index contributed by atoms with van der Waals surface area (Å²) in [5.41, 5.74) is 6.97. The molecule has 0 aliphatic carbocycles. The van der Waals surface area contributed by atoms with Crippen LogP contribution in [0.25, 0.3) is 0 Å². The van der Waals surface area contributed by atoms with Crippen molar-refractivity contribution >= 4 is 23.2 Å². The molecule has 0 unspecified atom stereocenters. The molecule has 2 aromatic rings. The summed E-state index contributed by atoms with van der Waals surface area (Å²) in [5.74, 6) is -0.119. The standard InChI is InChI=1S/C14H12ClFN2O/c15-13-8-11(16)4-3-9(13)6-12(19)7-10-2-1-5-18-14(10)17/h1-5,8H,6-7H2,(H2,17,18). The Morgan fingerprint density at radius 2 is 2.00 bits per heavy atom. The lowest BCUT2D eigenvalue weighted by molar-refractivity contribution is -0.117. The Labute approximate surface area is 115 Å². The number of Topliss-reactive ketones (excluding diaryl/α,β-unsaturated/α-hetero) is 1. The van der Waals surface area contributed by atoms with E-state index in [2.05, 4.69) is 4.98 Å². The van der Waals surface area contributed by atoms with Crippen molar-refractivity contribution in [2.45, 2.75) is 12.8 Å². The summed E-state index contributed by atoms with van der Waals surface area (Å²) in [6.07, 6.45) is 1.90. The molecule has 2 rings (SSSR count). The average molecular weight is 279 g/mol. The number of hydrogen-bond acceptors (Lipinski definition) is 3. The van der Waals surface area contributed by atoms with Crippen LogP contribution in [0.4, 0.5) is 10.2 Å². The van der Waals surface area contributed by atoms with Crippen LogP contribution in [0.15, 0.2) is 36.5 Å². The SMILES string of the molecule is Nc1ncccc1CC(=O)Cc1ccc(F)cc1Cl. The summed E-state index contributed by atoms with van der Waals surface area (Å²) in [7, 11) is 0. The van der Waals surface area contributed by atoms with Crippen molar-refractivity contribution in [1.29, 1.82) is 0 Å². The lowest BCUT2D eigenvalue weighted by atomic mass is 10.0. The summed E-state index contributed by atoms with van der Waals surface area (Å²) in [4.78, 5) is 15.9. The van der Waals surface area contributed by atoms with E-state index in [4.69, 9.17) is 17.3 Å². The maximum Gasteiger partial charge on any atom is 0.141 e. The molecule has 0 aliphatic heterocycles. The maximum atomic E-state index is 12.9. The molecule has 0 bridgehead atoms. The Hall–Kier alpha value is -1.94. The number of nitrogen functional groups attached to an aromatic ring is 1. The second-order valence-electron chi connectivity index (χ2n) is 4.18. The van der Waals surface area contributed by atoms with E-state index in [0.717, 1.165) is 0 Å². The van der Waals surface area contributed by atoms with E-state index in [0.29, 0.717) is 16.9 Å². The predicted octanol–water partition coefficient (Wildman–Crippen LogP) is 2.81. The molecule has 98 valence electrons. The first-order valence-corrected chi connectivity index (χ1v) is 6.09. The van der Waals surface area contributed by atoms with Crippen LogP contribution >= 0.6 is 11.6 Å². The Bertz CT molecular complexity index is 616. The number of nitrogens with zero attached hydrogens (tertiary/aromatic N) is 1. The monoisotopic (exact) mass is 278 g/mol. The van der Waals surface area contributed by atoms with Crippen molar-refractivity contribution in [3.05, 3.63) is 58.5 Å². The van der Waals surface area contributed by atoms with Gasteiger partial charge in [-0.25, -0.2) is 9.37 Å². The zero-order valence-corrected chi connectivity index (χ0v) is 10.8. The minimum Gasteiger partial charge on any atom is -0.383 e. The van der Waals surface area contributed by atoms with Crippen molar-refractivity contribution in [3.8, 4) is 0 Å². The molecular formula is C14H12ClFN2O. The molecule has 0 amide bonds. The number of nitrogens with two attached hydrogens (primary N) is 1. The fourth-order valence-corrected chi connectivity index (χ4v) is 1.99. The van der Waals surface area contributed by atoms with Crippen molar-refractivity contribution in [2.75, 3.05) is 5.73 Å². The molecule has 1 heterocycles. The normalized spacial score (nSPS) is 10.4. The van der Waals surface area contributed by atoms with Gasteiger partial charge < -0.3 is 5.73 Å². The summed E-state index contributed by atoms with van der Waals surface area (Å²) >= 11 is 5.88. The van der Waals surface area contributed by atoms with Crippen molar-refractivity contribution in [2.24, 2.45) is 0 Å². The van der Waals surface area contributed by atoms with Gasteiger partial charge in [0.2, 0.25) is 0 Å². The second-order valence-corrected chi connectivity index (χ2v) is 4.58. The fraction of sp³-hybridized carbons (Fsp3) is 0.143. The summed E-state index contributed by atoms with van der Waals surface area (Å²) in [6.45, 7) is 0. The molecule has 0 fully saturated rings. The summed E-state index contributed by atoms with van der Waals surface area (Å²) < 4.78 is 12.9. The molecule has 1 aromatic heterocycles. The van der Waals surface area contributed by atoms with E-state index >= 15 is 0 Å². The summed E-state index contributed by atoms with van der Waals surface area (Å²) in [5, 5.41) is 0.257. The topological polar surface area (TPSA) is 56.0 Å². The molecule has 19 heavy (non-hydrogen) atoms. The third-order valence-corrected chi connectivity index (χ3v) is 3.07. The smallest absolute Gasteiger partial charge is 0.141 e. The quantitative estimate of drug-likeness (QED) is 0.936. The second kappa shape index (κ2) is 5.80. The number of anilines is 1. The number of benzene rings is 1. The van der Waals surface area contributed by atoms with Crippen LogP contribution in [0, 0.1) is 5.82 Å². The predicted molar refractivity (Wildman–Crippen MR) is 72.5 cm³/mol. The van der Waals surface area contributed by atoms with Gasteiger partial charge in [-0.05, 0) is 23.8 Å². The lowest BCUT2D eigenvalue weighted by Crippen LogP contribution is -2.09. The molecule has 3 nitrogen and oxygen atoms in total. The summed E-state index contributed by atoms with van der Waals surface area (Å²) in [6, 6.07) is 7.48. The zero-order chi connectivity index (χ0) is 13.8. The van der Waals surface area contributed by atoms with Crippen LogP contribution in [-0.4, -0.2) is 10.8 Å². The molecular weight excluding hydrogens is 267 g/mol. The first-order chi connectivity index (χ1) is 9.06. The molecule has 0 aliphatic rings. The Kier molecular flexibility index (Phi) is 4.12. The van der Waals surface area contributed by atoms with E-state index in [9.17, 15) is 9.18 Å². The minimum atomic E-state index is -0.419. The average Bonchev–Trinajstić information content (AvgIpc) is 2.36. The number of halogens is 2. The van der Waals surface area contributed by atoms with E-state index in [1.165, 1.54) is 18.2 Å². The van der Waals surface area contributed by atoms with Gasteiger partial charge in [-0.15, -0.1) is 0 Å². The third kappa shape index (κ3) is 3.51. The van der Waals surface area contributed by atoms with Gasteiger partial charge in [0.1, 0.15) is 17.4 Å². The Morgan fingerprint density at radius 3 is 2.68 bits per heavy atom. The van der Waals surface area contributed by atoms with Crippen LogP contribution in [0.5, 0.6) is 0 Å². The maximum absolute atomic E-state index is 12.9. The van der Waals surface area contributed by atoms with Gasteiger partial charge in [-0.2, -0.15) is 0 Å². The van der Waals surface area contributed by atoms with Gasteiger partial charge in [0.15, 0.2) is 0 Å². The highest BCUT2D eigenvalue weighted by Gasteiger charge is 2.10. The molecule has 0 spiro atoms. The molecule has 1 aromatic carbocycles. The first kappa shape index (κ1) is 13.5. The molecule has 5 heteroatoms. The number of rotatable bonds is 4. The van der Waals surface area contributed by atoms with Crippen molar-refractivity contribution < 1.29 is 9.18 Å². The Balaban J connectivity index is 2.08. The number of pyridine rings is 1. The van der Waals surface area contributed by atoms with E-state index in [1.807, 2.05) is 0 Å². The van der Waals surface area contributed by atoms with Gasteiger partial charge in [0.05, 0.1) is 0 Å². The van der Waals surface area contributed by atoms with Gasteiger partial charge in [0, 0.05) is 29.6 Å². The van der Waals surface area contributed by atoms with E-state index in [-0.39, 0.29) is 23.6 Å². The number of carbonyl (C=O) groups excluding carboxylic acids is 1. The molecule has 0 atom stereocenters. The number of aromatic nitrogens is 1. The van der Waals surface area contributed by atoms with Gasteiger partial charge >= 0.3 is 0 Å². The van der Waals surface area contributed by atoms with Gasteiger partial charge in [-0.3, -0.25) is 4.79 Å². The fourth-order valence-electron chi connectivity index (χ4n) is 1.75. The highest BCUT2D eigenvalue weighted by Crippen LogP contribution is 2.19. The third-order valence-electron chi connectivity index (χ3n) is 2.72. The van der Waals surface area contributed by atoms with Gasteiger partial charge in [-0.1, -0.05) is 23.7 Å². The van der Waals surface area contributed by atoms with Gasteiger partial charge in [0.25, 0.3) is 0 Å². The van der Waals surface area contributed by atoms with E-state index < -0.39 is 5.82 Å². The highest BCUT2D eigenvalue weighted by atomic mass is 35.5. The van der Waals surface area contributed by atoms with E-state index in [1.54, 1.807) is 18.3 Å². The van der Waals surface area contributed by atoms with Crippen LogP contribution < -0.4 is 5.73 Å². The van der Waals surface area contributed by atoms with Crippen LogP contribution in [0.1, 0.15) is 11.1 Å². The highest BCUT2D eigenvalue weighted by molar-refractivity contribution is 6.31. The minimum absolute atomic E-state index is 0.0480. The number of ketones is 1. The van der Waals surface area contributed by atoms with Crippen molar-refractivity contribution in [1.82, 2.24) is 4.98 Å². The molecule has 2 N–H and O–H groups in total. The Morgan fingerprint density at radius 1 is 1.26 bits per heavy atom. The first-order valence-electron chi connectivity index (χ1n) is 5.71. The van der Waals surface area contributed by atoms with Crippen molar-refractivity contribution in [3.63, 3.8) is 0 Å². The van der Waals surface area contributed by atoms with Crippen LogP contribution in [-0.2, 0) is 17.6 Å². The number of hydrogen-bond donors (Lipinski definition) is 1. The zero-order valence-electron chi connectivity index (χ0n) is 10.1. The molecule has 0 radical (unpaired) electrons. The lowest BCUT2D eigenvalue weighted by Gasteiger charge is -2.05. The van der Waals surface area contributed by atoms with Crippen LogP contribution in [0.2, 0.25) is 5.02 Å².